The lowest BCUT2D eigenvalue weighted by molar-refractivity contribution is -0.131. The minimum absolute atomic E-state index is 0.154. The van der Waals surface area contributed by atoms with Crippen molar-refractivity contribution in [2.45, 2.75) is 39.8 Å². The highest BCUT2D eigenvalue weighted by Crippen LogP contribution is 2.24. The van der Waals surface area contributed by atoms with Crippen molar-refractivity contribution in [1.29, 1.82) is 0 Å². The highest BCUT2D eigenvalue weighted by molar-refractivity contribution is 5.79. The molecule has 150 valence electrons. The molecule has 0 fully saturated rings. The maximum absolute atomic E-state index is 12.9. The number of hydrogen-bond donors (Lipinski definition) is 0. The standard InChI is InChI=1S/C23H26N4O2/c1-16-8-10-24-22(12-16)29-15-20-19-14-27(11-9-21(19)26(3)25-20)23(28)13-18-7-5-4-6-17(18)2/h4-8,10,12H,9,11,13-15H2,1-3H3. The quantitative estimate of drug-likeness (QED) is 0.672. The van der Waals surface area contributed by atoms with Gasteiger partial charge in [-0.2, -0.15) is 5.10 Å². The Bertz CT molecular complexity index is 1040. The molecular weight excluding hydrogens is 364 g/mol. The maximum atomic E-state index is 12.9. The summed E-state index contributed by atoms with van der Waals surface area (Å²) in [5, 5.41) is 4.65. The SMILES string of the molecule is Cc1ccnc(OCc2nn(C)c3c2CN(C(=O)Cc2ccccc2C)CC3)c1. The van der Waals surface area contributed by atoms with E-state index in [4.69, 9.17) is 4.74 Å². The van der Waals surface area contributed by atoms with Crippen LogP contribution in [0.3, 0.4) is 0 Å². The van der Waals surface area contributed by atoms with Crippen LogP contribution < -0.4 is 4.74 Å². The fraction of sp³-hybridized carbons (Fsp3) is 0.348. The molecule has 3 heterocycles. The smallest absolute Gasteiger partial charge is 0.227 e. The second-order valence-electron chi connectivity index (χ2n) is 7.62. The van der Waals surface area contributed by atoms with Gasteiger partial charge in [0.1, 0.15) is 12.3 Å². The Morgan fingerprint density at radius 1 is 1.21 bits per heavy atom. The Balaban J connectivity index is 1.48. The summed E-state index contributed by atoms with van der Waals surface area (Å²) in [6, 6.07) is 11.9. The zero-order valence-electron chi connectivity index (χ0n) is 17.2. The Kier molecular flexibility index (Phi) is 5.34. The number of pyridine rings is 1. The van der Waals surface area contributed by atoms with Gasteiger partial charge in [0, 0.05) is 50.1 Å². The van der Waals surface area contributed by atoms with Crippen molar-refractivity contribution in [3.8, 4) is 5.88 Å². The number of ether oxygens (including phenoxy) is 1. The number of aromatic nitrogens is 3. The largest absolute Gasteiger partial charge is 0.471 e. The minimum atomic E-state index is 0.154. The lowest BCUT2D eigenvalue weighted by Crippen LogP contribution is -2.37. The second-order valence-corrected chi connectivity index (χ2v) is 7.62. The van der Waals surface area contributed by atoms with E-state index in [9.17, 15) is 4.79 Å². The number of benzene rings is 1. The average molecular weight is 390 g/mol. The van der Waals surface area contributed by atoms with Gasteiger partial charge in [-0.25, -0.2) is 4.98 Å². The number of aryl methyl sites for hydroxylation is 3. The molecule has 1 aromatic carbocycles. The van der Waals surface area contributed by atoms with E-state index >= 15 is 0 Å². The van der Waals surface area contributed by atoms with Gasteiger partial charge in [-0.15, -0.1) is 0 Å². The van der Waals surface area contributed by atoms with Crippen molar-refractivity contribution < 1.29 is 9.53 Å². The lowest BCUT2D eigenvalue weighted by Gasteiger charge is -2.28. The van der Waals surface area contributed by atoms with Gasteiger partial charge >= 0.3 is 0 Å². The van der Waals surface area contributed by atoms with Crippen LogP contribution in [-0.4, -0.2) is 32.1 Å². The number of nitrogens with zero attached hydrogens (tertiary/aromatic N) is 4. The van der Waals surface area contributed by atoms with Crippen LogP contribution in [0.25, 0.3) is 0 Å². The number of carbonyl (C=O) groups is 1. The molecule has 1 aliphatic rings. The van der Waals surface area contributed by atoms with Gasteiger partial charge in [-0.1, -0.05) is 24.3 Å². The molecule has 0 spiro atoms. The van der Waals surface area contributed by atoms with Gasteiger partial charge < -0.3 is 9.64 Å². The van der Waals surface area contributed by atoms with Gasteiger partial charge in [-0.3, -0.25) is 9.48 Å². The summed E-state index contributed by atoms with van der Waals surface area (Å²) in [5.74, 6) is 0.744. The number of rotatable bonds is 5. The summed E-state index contributed by atoms with van der Waals surface area (Å²) in [6.07, 6.45) is 2.98. The van der Waals surface area contributed by atoms with Crippen LogP contribution in [0.1, 0.15) is 33.6 Å². The van der Waals surface area contributed by atoms with Crippen molar-refractivity contribution in [2.75, 3.05) is 6.54 Å². The molecule has 3 aromatic rings. The first-order valence-corrected chi connectivity index (χ1v) is 9.92. The molecule has 2 aromatic heterocycles. The van der Waals surface area contributed by atoms with E-state index in [0.29, 0.717) is 25.5 Å². The van der Waals surface area contributed by atoms with E-state index in [0.717, 1.165) is 40.9 Å². The van der Waals surface area contributed by atoms with Gasteiger partial charge in [0.05, 0.1) is 6.42 Å². The molecule has 0 saturated carbocycles. The number of carbonyl (C=O) groups excluding carboxylic acids is 1. The van der Waals surface area contributed by atoms with E-state index in [1.165, 1.54) is 5.69 Å². The molecule has 0 unspecified atom stereocenters. The normalized spacial score (nSPS) is 13.3. The molecule has 0 atom stereocenters. The minimum Gasteiger partial charge on any atom is -0.471 e. The molecule has 29 heavy (non-hydrogen) atoms. The second kappa shape index (κ2) is 8.07. The van der Waals surface area contributed by atoms with Gasteiger partial charge in [-0.05, 0) is 36.6 Å². The van der Waals surface area contributed by atoms with Crippen molar-refractivity contribution in [1.82, 2.24) is 19.7 Å². The van der Waals surface area contributed by atoms with E-state index in [1.807, 2.05) is 66.9 Å². The molecule has 6 heteroatoms. The van der Waals surface area contributed by atoms with Crippen LogP contribution in [0.2, 0.25) is 0 Å². The van der Waals surface area contributed by atoms with Crippen LogP contribution >= 0.6 is 0 Å². The molecule has 4 rings (SSSR count). The molecule has 0 bridgehead atoms. The maximum Gasteiger partial charge on any atom is 0.227 e. The molecule has 0 N–H and O–H groups in total. The zero-order valence-corrected chi connectivity index (χ0v) is 17.2. The first kappa shape index (κ1) is 19.2. The van der Waals surface area contributed by atoms with E-state index in [2.05, 4.69) is 10.1 Å². The van der Waals surface area contributed by atoms with Gasteiger partial charge in [0.25, 0.3) is 0 Å². The topological polar surface area (TPSA) is 60.3 Å². The lowest BCUT2D eigenvalue weighted by atomic mass is 10.0. The summed E-state index contributed by atoms with van der Waals surface area (Å²) in [6.45, 7) is 5.70. The summed E-state index contributed by atoms with van der Waals surface area (Å²) < 4.78 is 7.79. The third-order valence-electron chi connectivity index (χ3n) is 5.53. The molecular formula is C23H26N4O2. The molecule has 0 radical (unpaired) electrons. The van der Waals surface area contributed by atoms with Crippen LogP contribution in [0.4, 0.5) is 0 Å². The fourth-order valence-corrected chi connectivity index (χ4v) is 3.81. The Hall–Kier alpha value is -3.15. The van der Waals surface area contributed by atoms with Crippen LogP contribution in [0.5, 0.6) is 5.88 Å². The van der Waals surface area contributed by atoms with E-state index in [1.54, 1.807) is 6.20 Å². The molecule has 1 aliphatic heterocycles. The highest BCUT2D eigenvalue weighted by Gasteiger charge is 2.27. The number of fused-ring (bicyclic) bond motifs is 1. The molecule has 0 saturated heterocycles. The van der Waals surface area contributed by atoms with E-state index < -0.39 is 0 Å². The number of amides is 1. The summed E-state index contributed by atoms with van der Waals surface area (Å²) >= 11 is 0. The average Bonchev–Trinajstić information content (AvgIpc) is 3.03. The first-order valence-electron chi connectivity index (χ1n) is 9.92. The summed E-state index contributed by atoms with van der Waals surface area (Å²) in [5.41, 5.74) is 6.50. The van der Waals surface area contributed by atoms with Crippen LogP contribution in [-0.2, 0) is 37.8 Å². The highest BCUT2D eigenvalue weighted by atomic mass is 16.5. The summed E-state index contributed by atoms with van der Waals surface area (Å²) in [7, 11) is 1.96. The molecule has 0 aliphatic carbocycles. The van der Waals surface area contributed by atoms with Crippen LogP contribution in [0.15, 0.2) is 42.6 Å². The monoisotopic (exact) mass is 390 g/mol. The predicted octanol–water partition coefficient (Wildman–Crippen LogP) is 3.14. The fourth-order valence-electron chi connectivity index (χ4n) is 3.81. The molecule has 6 nitrogen and oxygen atoms in total. The molecule has 1 amide bonds. The van der Waals surface area contributed by atoms with Crippen molar-refractivity contribution >= 4 is 5.91 Å². The van der Waals surface area contributed by atoms with Gasteiger partial charge in [0.15, 0.2) is 0 Å². The van der Waals surface area contributed by atoms with E-state index in [-0.39, 0.29) is 5.91 Å². The Labute approximate surface area is 171 Å². The Morgan fingerprint density at radius 2 is 2.03 bits per heavy atom. The zero-order chi connectivity index (χ0) is 20.4. The predicted molar refractivity (Wildman–Crippen MR) is 111 cm³/mol. The number of hydrogen-bond acceptors (Lipinski definition) is 4. The third kappa shape index (κ3) is 4.16. The third-order valence-corrected chi connectivity index (χ3v) is 5.53. The first-order chi connectivity index (χ1) is 14.0. The van der Waals surface area contributed by atoms with Crippen LogP contribution in [0, 0.1) is 13.8 Å². The Morgan fingerprint density at radius 3 is 2.83 bits per heavy atom. The van der Waals surface area contributed by atoms with Gasteiger partial charge in [0.2, 0.25) is 11.8 Å². The van der Waals surface area contributed by atoms with Crippen molar-refractivity contribution in [2.24, 2.45) is 7.05 Å². The van der Waals surface area contributed by atoms with Crippen molar-refractivity contribution in [3.63, 3.8) is 0 Å². The van der Waals surface area contributed by atoms with Crippen molar-refractivity contribution in [3.05, 3.63) is 76.2 Å². The summed E-state index contributed by atoms with van der Waals surface area (Å²) in [4.78, 5) is 19.1.